The summed E-state index contributed by atoms with van der Waals surface area (Å²) < 4.78 is 37.8. The molecule has 1 N–H and O–H groups in total. The molecule has 0 aromatic heterocycles. The second kappa shape index (κ2) is 8.64. The molecule has 2 rings (SSSR count). The Bertz CT molecular complexity index is 697. The summed E-state index contributed by atoms with van der Waals surface area (Å²) in [7, 11) is -0.876. The first-order valence-corrected chi connectivity index (χ1v) is 9.75. The molecule has 7 nitrogen and oxygen atoms in total. The Morgan fingerprint density at radius 1 is 1.40 bits per heavy atom. The van der Waals surface area contributed by atoms with Crippen molar-refractivity contribution < 1.29 is 27.8 Å². The van der Waals surface area contributed by atoms with Crippen molar-refractivity contribution >= 4 is 16.0 Å². The van der Waals surface area contributed by atoms with Gasteiger partial charge in [-0.05, 0) is 43.4 Å². The van der Waals surface area contributed by atoms with E-state index >= 15 is 0 Å². The van der Waals surface area contributed by atoms with E-state index in [4.69, 9.17) is 14.6 Å². The van der Waals surface area contributed by atoms with Crippen molar-refractivity contribution in [3.63, 3.8) is 0 Å². The molecule has 1 saturated heterocycles. The maximum Gasteiger partial charge on any atom is 0.307 e. The normalized spacial score (nSPS) is 18.3. The van der Waals surface area contributed by atoms with Gasteiger partial charge in [-0.1, -0.05) is 6.07 Å². The van der Waals surface area contributed by atoms with E-state index in [-0.39, 0.29) is 23.2 Å². The van der Waals surface area contributed by atoms with Gasteiger partial charge < -0.3 is 14.6 Å². The Balaban J connectivity index is 2.16. The molecule has 1 aliphatic rings. The number of carboxylic acids is 1. The summed E-state index contributed by atoms with van der Waals surface area (Å²) in [5, 5.41) is 8.92. The monoisotopic (exact) mass is 371 g/mol. The molecular formula is C17H25NO6S. The second-order valence-corrected chi connectivity index (χ2v) is 8.17. The van der Waals surface area contributed by atoms with Crippen molar-refractivity contribution in [1.29, 1.82) is 0 Å². The second-order valence-electron chi connectivity index (χ2n) is 6.16. The summed E-state index contributed by atoms with van der Waals surface area (Å²) >= 11 is 0. The quantitative estimate of drug-likeness (QED) is 0.750. The molecule has 0 spiro atoms. The molecule has 1 aliphatic heterocycles. The van der Waals surface area contributed by atoms with E-state index in [1.165, 1.54) is 30.6 Å². The van der Waals surface area contributed by atoms with Gasteiger partial charge in [0.2, 0.25) is 10.0 Å². The summed E-state index contributed by atoms with van der Waals surface area (Å²) in [6.45, 7) is 1.06. The van der Waals surface area contributed by atoms with Crippen molar-refractivity contribution in [1.82, 2.24) is 4.31 Å². The molecular weight excluding hydrogens is 346 g/mol. The summed E-state index contributed by atoms with van der Waals surface area (Å²) in [6.07, 6.45) is 3.58. The highest BCUT2D eigenvalue weighted by molar-refractivity contribution is 7.89. The van der Waals surface area contributed by atoms with E-state index in [1.807, 2.05) is 0 Å². The molecule has 1 fully saturated rings. The van der Waals surface area contributed by atoms with Gasteiger partial charge in [-0.3, -0.25) is 4.79 Å². The maximum absolute atomic E-state index is 12.9. The number of aliphatic carboxylic acids is 1. The van der Waals surface area contributed by atoms with Gasteiger partial charge in [-0.25, -0.2) is 12.7 Å². The molecule has 0 aliphatic carbocycles. The highest BCUT2D eigenvalue weighted by Crippen LogP contribution is 2.28. The van der Waals surface area contributed by atoms with E-state index < -0.39 is 16.0 Å². The Labute approximate surface area is 148 Å². The number of sulfonamides is 1. The highest BCUT2D eigenvalue weighted by atomic mass is 32.2. The molecule has 1 heterocycles. The molecule has 0 radical (unpaired) electrons. The number of nitrogens with zero attached hydrogens (tertiary/aromatic N) is 1. The third kappa shape index (κ3) is 5.17. The van der Waals surface area contributed by atoms with Gasteiger partial charge in [-0.15, -0.1) is 0 Å². The van der Waals surface area contributed by atoms with Gasteiger partial charge in [0.1, 0.15) is 10.6 Å². The minimum atomic E-state index is -3.78. The van der Waals surface area contributed by atoms with Crippen molar-refractivity contribution in [2.75, 3.05) is 27.3 Å². The predicted octanol–water partition coefficient (Wildman–Crippen LogP) is 1.90. The highest BCUT2D eigenvalue weighted by Gasteiger charge is 2.26. The zero-order valence-corrected chi connectivity index (χ0v) is 15.4. The first-order chi connectivity index (χ1) is 11.8. The third-order valence-corrected chi connectivity index (χ3v) is 6.19. The molecule has 1 unspecified atom stereocenters. The van der Waals surface area contributed by atoms with E-state index in [1.54, 1.807) is 6.07 Å². The maximum atomic E-state index is 12.9. The molecule has 0 amide bonds. The van der Waals surface area contributed by atoms with Crippen LogP contribution in [0.2, 0.25) is 0 Å². The van der Waals surface area contributed by atoms with Crippen LogP contribution in [0.4, 0.5) is 0 Å². The average molecular weight is 371 g/mol. The molecule has 8 heteroatoms. The van der Waals surface area contributed by atoms with Gasteiger partial charge in [0, 0.05) is 20.2 Å². The zero-order chi connectivity index (χ0) is 18.4. The Kier molecular flexibility index (Phi) is 6.80. The van der Waals surface area contributed by atoms with Crippen LogP contribution >= 0.6 is 0 Å². The lowest BCUT2D eigenvalue weighted by atomic mass is 10.1. The summed E-state index contributed by atoms with van der Waals surface area (Å²) in [4.78, 5) is 10.9. The number of ether oxygens (including phenoxy) is 2. The number of benzene rings is 1. The van der Waals surface area contributed by atoms with E-state index in [2.05, 4.69) is 0 Å². The van der Waals surface area contributed by atoms with Gasteiger partial charge >= 0.3 is 5.97 Å². The van der Waals surface area contributed by atoms with Gasteiger partial charge in [0.25, 0.3) is 0 Å². The van der Waals surface area contributed by atoms with Crippen LogP contribution in [-0.4, -0.2) is 57.2 Å². The molecule has 140 valence electrons. The SMILES string of the molecule is COc1ccc(CC(=O)O)cc1S(=O)(=O)N(C)CCC1CCCCO1. The van der Waals surface area contributed by atoms with Crippen molar-refractivity contribution in [3.05, 3.63) is 23.8 Å². The van der Waals surface area contributed by atoms with Crippen molar-refractivity contribution in [2.24, 2.45) is 0 Å². The molecule has 0 bridgehead atoms. The van der Waals surface area contributed by atoms with Crippen LogP contribution in [0, 0.1) is 0 Å². The van der Waals surface area contributed by atoms with Crippen molar-refractivity contribution in [3.8, 4) is 5.75 Å². The minimum absolute atomic E-state index is 0.0131. The van der Waals surface area contributed by atoms with Gasteiger partial charge in [0.15, 0.2) is 0 Å². The van der Waals surface area contributed by atoms with Crippen LogP contribution in [0.15, 0.2) is 23.1 Å². The fraction of sp³-hybridized carbons (Fsp3) is 0.588. The number of carbonyl (C=O) groups is 1. The standard InChI is InChI=1S/C17H25NO6S/c1-18(9-8-14-5-3-4-10-24-14)25(21,22)16-11-13(12-17(19)20)6-7-15(16)23-2/h6-7,11,14H,3-5,8-10,12H2,1-2H3,(H,19,20). The molecule has 1 aromatic rings. The van der Waals surface area contributed by atoms with Crippen LogP contribution in [0.5, 0.6) is 5.75 Å². The van der Waals surface area contributed by atoms with E-state index in [9.17, 15) is 13.2 Å². The lowest BCUT2D eigenvalue weighted by Gasteiger charge is -2.25. The van der Waals surface area contributed by atoms with E-state index in [0.717, 1.165) is 25.9 Å². The minimum Gasteiger partial charge on any atom is -0.495 e. The van der Waals surface area contributed by atoms with Crippen LogP contribution in [-0.2, 0) is 26.0 Å². The predicted molar refractivity (Wildman–Crippen MR) is 92.4 cm³/mol. The molecule has 1 aromatic carbocycles. The summed E-state index contributed by atoms with van der Waals surface area (Å²) in [6, 6.07) is 4.42. The van der Waals surface area contributed by atoms with Crippen LogP contribution in [0.25, 0.3) is 0 Å². The Morgan fingerprint density at radius 3 is 2.76 bits per heavy atom. The fourth-order valence-corrected chi connectivity index (χ4v) is 4.24. The molecule has 1 atom stereocenters. The van der Waals surface area contributed by atoms with E-state index in [0.29, 0.717) is 18.5 Å². The largest absolute Gasteiger partial charge is 0.495 e. The number of methoxy groups -OCH3 is 1. The van der Waals surface area contributed by atoms with Crippen molar-refractivity contribution in [2.45, 2.75) is 43.1 Å². The third-order valence-electron chi connectivity index (χ3n) is 4.31. The fourth-order valence-electron chi connectivity index (χ4n) is 2.86. The smallest absolute Gasteiger partial charge is 0.307 e. The summed E-state index contributed by atoms with van der Waals surface area (Å²) in [5.74, 6) is -0.814. The molecule has 0 saturated carbocycles. The number of rotatable bonds is 8. The van der Waals surface area contributed by atoms with Crippen LogP contribution < -0.4 is 4.74 Å². The Hall–Kier alpha value is -1.64. The van der Waals surface area contributed by atoms with Crippen LogP contribution in [0.3, 0.4) is 0 Å². The first kappa shape index (κ1) is 19.7. The van der Waals surface area contributed by atoms with Crippen LogP contribution in [0.1, 0.15) is 31.2 Å². The summed E-state index contributed by atoms with van der Waals surface area (Å²) in [5.41, 5.74) is 0.413. The molecule has 25 heavy (non-hydrogen) atoms. The average Bonchev–Trinajstić information content (AvgIpc) is 2.60. The first-order valence-electron chi connectivity index (χ1n) is 8.31. The topological polar surface area (TPSA) is 93.1 Å². The lowest BCUT2D eigenvalue weighted by molar-refractivity contribution is -0.136. The number of carboxylic acid groups (broad SMARTS) is 1. The van der Waals surface area contributed by atoms with Gasteiger partial charge in [-0.2, -0.15) is 0 Å². The zero-order valence-electron chi connectivity index (χ0n) is 14.6. The van der Waals surface area contributed by atoms with Gasteiger partial charge in [0.05, 0.1) is 19.6 Å². The lowest BCUT2D eigenvalue weighted by Crippen LogP contribution is -2.32. The Morgan fingerprint density at radius 2 is 2.16 bits per heavy atom. The number of hydrogen-bond acceptors (Lipinski definition) is 5. The number of hydrogen-bond donors (Lipinski definition) is 1.